The lowest BCUT2D eigenvalue weighted by Gasteiger charge is -2.31. The zero-order valence-corrected chi connectivity index (χ0v) is 11.5. The molecule has 20 heavy (non-hydrogen) atoms. The van der Waals surface area contributed by atoms with Gasteiger partial charge < -0.3 is 14.7 Å². The standard InChI is InChI=1S/C15H19NO4/c1-20-15(19)12-5-3-7-16(10-12)14(18)9-11-4-2-6-13(17)8-11/h2,4,6,8,12,17H,3,5,7,9-10H2,1H3. The molecule has 1 fully saturated rings. The topological polar surface area (TPSA) is 66.8 Å². The van der Waals surface area contributed by atoms with Gasteiger partial charge in [0, 0.05) is 13.1 Å². The Balaban J connectivity index is 1.97. The van der Waals surface area contributed by atoms with Crippen molar-refractivity contribution in [1.82, 2.24) is 4.90 Å². The molecule has 1 heterocycles. The average Bonchev–Trinajstić information content (AvgIpc) is 2.46. The van der Waals surface area contributed by atoms with Crippen LogP contribution in [0.2, 0.25) is 0 Å². The molecule has 1 aromatic carbocycles. The molecule has 0 saturated carbocycles. The Bertz CT molecular complexity index is 500. The molecule has 1 saturated heterocycles. The monoisotopic (exact) mass is 277 g/mol. The number of phenolic OH excluding ortho intramolecular Hbond substituents is 1. The number of hydrogen-bond acceptors (Lipinski definition) is 4. The fourth-order valence-corrected chi connectivity index (χ4v) is 2.52. The molecular formula is C15H19NO4. The minimum atomic E-state index is -0.250. The highest BCUT2D eigenvalue weighted by molar-refractivity contribution is 5.80. The Kier molecular flexibility index (Phi) is 4.61. The van der Waals surface area contributed by atoms with Crippen LogP contribution in [-0.4, -0.2) is 42.1 Å². The SMILES string of the molecule is COC(=O)C1CCCN(C(=O)Cc2cccc(O)c2)C1. The van der Waals surface area contributed by atoms with Gasteiger partial charge in [-0.25, -0.2) is 0 Å². The van der Waals surface area contributed by atoms with Crippen LogP contribution in [-0.2, 0) is 20.7 Å². The van der Waals surface area contributed by atoms with E-state index in [4.69, 9.17) is 4.74 Å². The predicted molar refractivity (Wildman–Crippen MR) is 73.1 cm³/mol. The molecule has 0 radical (unpaired) electrons. The van der Waals surface area contributed by atoms with Crippen LogP contribution in [0, 0.1) is 5.92 Å². The average molecular weight is 277 g/mol. The zero-order chi connectivity index (χ0) is 14.5. The van der Waals surface area contributed by atoms with E-state index in [0.29, 0.717) is 13.1 Å². The van der Waals surface area contributed by atoms with Gasteiger partial charge in [-0.1, -0.05) is 12.1 Å². The quantitative estimate of drug-likeness (QED) is 0.847. The van der Waals surface area contributed by atoms with Gasteiger partial charge in [0.25, 0.3) is 0 Å². The Morgan fingerprint density at radius 3 is 2.95 bits per heavy atom. The first-order valence-corrected chi connectivity index (χ1v) is 6.73. The molecule has 0 aromatic heterocycles. The molecule has 108 valence electrons. The Labute approximate surface area is 118 Å². The lowest BCUT2D eigenvalue weighted by Crippen LogP contribution is -2.43. The molecule has 1 amide bonds. The number of aromatic hydroxyl groups is 1. The van der Waals surface area contributed by atoms with Crippen molar-refractivity contribution in [2.75, 3.05) is 20.2 Å². The van der Waals surface area contributed by atoms with Gasteiger partial charge in [0.15, 0.2) is 0 Å². The summed E-state index contributed by atoms with van der Waals surface area (Å²) in [6.07, 6.45) is 1.82. The summed E-state index contributed by atoms with van der Waals surface area (Å²) < 4.78 is 4.74. The first-order valence-electron chi connectivity index (χ1n) is 6.73. The maximum Gasteiger partial charge on any atom is 0.310 e. The van der Waals surface area contributed by atoms with Crippen LogP contribution in [0.1, 0.15) is 18.4 Å². The van der Waals surface area contributed by atoms with Crippen molar-refractivity contribution < 1.29 is 19.4 Å². The van der Waals surface area contributed by atoms with Crippen LogP contribution < -0.4 is 0 Å². The first kappa shape index (κ1) is 14.4. The number of carbonyl (C=O) groups excluding carboxylic acids is 2. The lowest BCUT2D eigenvalue weighted by molar-refractivity contribution is -0.148. The third-order valence-electron chi connectivity index (χ3n) is 3.57. The molecule has 1 aromatic rings. The number of ether oxygens (including phenoxy) is 1. The summed E-state index contributed by atoms with van der Waals surface area (Å²) in [5, 5.41) is 9.40. The van der Waals surface area contributed by atoms with Gasteiger partial charge in [-0.2, -0.15) is 0 Å². The van der Waals surface area contributed by atoms with Crippen LogP contribution in [0.15, 0.2) is 24.3 Å². The fourth-order valence-electron chi connectivity index (χ4n) is 2.52. The van der Waals surface area contributed by atoms with Crippen molar-refractivity contribution >= 4 is 11.9 Å². The molecule has 0 spiro atoms. The van der Waals surface area contributed by atoms with E-state index >= 15 is 0 Å². The van der Waals surface area contributed by atoms with Gasteiger partial charge in [-0.15, -0.1) is 0 Å². The predicted octanol–water partition coefficient (Wildman–Crippen LogP) is 1.35. The molecule has 1 aliphatic rings. The van der Waals surface area contributed by atoms with Crippen LogP contribution in [0.25, 0.3) is 0 Å². The third kappa shape index (κ3) is 3.50. The normalized spacial score (nSPS) is 18.6. The maximum absolute atomic E-state index is 12.2. The van der Waals surface area contributed by atoms with E-state index in [1.54, 1.807) is 29.2 Å². The second-order valence-electron chi connectivity index (χ2n) is 5.05. The summed E-state index contributed by atoms with van der Waals surface area (Å²) in [4.78, 5) is 25.5. The van der Waals surface area contributed by atoms with E-state index in [1.165, 1.54) is 7.11 Å². The number of rotatable bonds is 3. The number of benzene rings is 1. The highest BCUT2D eigenvalue weighted by Gasteiger charge is 2.28. The van der Waals surface area contributed by atoms with E-state index < -0.39 is 0 Å². The number of esters is 1. The van der Waals surface area contributed by atoms with Crippen LogP contribution in [0.3, 0.4) is 0 Å². The van der Waals surface area contributed by atoms with Gasteiger partial charge in [0.1, 0.15) is 5.75 Å². The molecular weight excluding hydrogens is 258 g/mol. The highest BCUT2D eigenvalue weighted by Crippen LogP contribution is 2.19. The maximum atomic E-state index is 12.2. The van der Waals surface area contributed by atoms with Crippen LogP contribution >= 0.6 is 0 Å². The summed E-state index contributed by atoms with van der Waals surface area (Å²) in [6, 6.07) is 6.67. The number of nitrogens with zero attached hydrogens (tertiary/aromatic N) is 1. The zero-order valence-electron chi connectivity index (χ0n) is 11.5. The Morgan fingerprint density at radius 1 is 1.45 bits per heavy atom. The van der Waals surface area contributed by atoms with Crippen molar-refractivity contribution in [3.63, 3.8) is 0 Å². The number of carbonyl (C=O) groups is 2. The number of hydrogen-bond donors (Lipinski definition) is 1. The molecule has 1 atom stereocenters. The molecule has 2 rings (SSSR count). The number of methoxy groups -OCH3 is 1. The van der Waals surface area contributed by atoms with Crippen LogP contribution in [0.4, 0.5) is 0 Å². The largest absolute Gasteiger partial charge is 0.508 e. The van der Waals surface area contributed by atoms with E-state index in [2.05, 4.69) is 0 Å². The van der Waals surface area contributed by atoms with E-state index in [1.807, 2.05) is 0 Å². The van der Waals surface area contributed by atoms with Crippen molar-refractivity contribution in [2.24, 2.45) is 5.92 Å². The lowest BCUT2D eigenvalue weighted by atomic mass is 9.97. The second-order valence-corrected chi connectivity index (χ2v) is 5.05. The van der Waals surface area contributed by atoms with Gasteiger partial charge in [0.05, 0.1) is 19.4 Å². The highest BCUT2D eigenvalue weighted by atomic mass is 16.5. The van der Waals surface area contributed by atoms with Gasteiger partial charge in [-0.3, -0.25) is 9.59 Å². The van der Waals surface area contributed by atoms with E-state index in [-0.39, 0.29) is 30.0 Å². The number of piperidine rings is 1. The molecule has 1 aliphatic heterocycles. The number of amides is 1. The van der Waals surface area contributed by atoms with Crippen molar-refractivity contribution in [2.45, 2.75) is 19.3 Å². The molecule has 5 heteroatoms. The van der Waals surface area contributed by atoms with Crippen LogP contribution in [0.5, 0.6) is 5.75 Å². The van der Waals surface area contributed by atoms with E-state index in [9.17, 15) is 14.7 Å². The molecule has 1 N–H and O–H groups in total. The molecule has 5 nitrogen and oxygen atoms in total. The number of likely N-dealkylation sites (tertiary alicyclic amines) is 1. The van der Waals surface area contributed by atoms with Crippen molar-refractivity contribution in [3.8, 4) is 5.75 Å². The van der Waals surface area contributed by atoms with E-state index in [0.717, 1.165) is 18.4 Å². The summed E-state index contributed by atoms with van der Waals surface area (Å²) >= 11 is 0. The number of phenols is 1. The second kappa shape index (κ2) is 6.41. The first-order chi connectivity index (χ1) is 9.60. The summed E-state index contributed by atoms with van der Waals surface area (Å²) in [6.45, 7) is 1.09. The minimum Gasteiger partial charge on any atom is -0.508 e. The van der Waals surface area contributed by atoms with Crippen molar-refractivity contribution in [1.29, 1.82) is 0 Å². The fraction of sp³-hybridized carbons (Fsp3) is 0.467. The Hall–Kier alpha value is -2.04. The third-order valence-corrected chi connectivity index (χ3v) is 3.57. The molecule has 1 unspecified atom stereocenters. The van der Waals surface area contributed by atoms with Gasteiger partial charge >= 0.3 is 5.97 Å². The summed E-state index contributed by atoms with van der Waals surface area (Å²) in [5.74, 6) is -0.340. The Morgan fingerprint density at radius 2 is 2.25 bits per heavy atom. The molecule has 0 bridgehead atoms. The summed E-state index contributed by atoms with van der Waals surface area (Å²) in [5.41, 5.74) is 0.773. The molecule has 0 aliphatic carbocycles. The van der Waals surface area contributed by atoms with Gasteiger partial charge in [-0.05, 0) is 30.5 Å². The van der Waals surface area contributed by atoms with Gasteiger partial charge in [0.2, 0.25) is 5.91 Å². The summed E-state index contributed by atoms with van der Waals surface area (Å²) in [7, 11) is 1.37. The minimum absolute atomic E-state index is 0.0239. The smallest absolute Gasteiger partial charge is 0.310 e. The van der Waals surface area contributed by atoms with Crippen molar-refractivity contribution in [3.05, 3.63) is 29.8 Å².